The van der Waals surface area contributed by atoms with Crippen LogP contribution in [0.15, 0.2) is 83.0 Å². The lowest BCUT2D eigenvalue weighted by atomic mass is 10.1. The molecule has 0 unspecified atom stereocenters. The standard InChI is InChI=1S/C24H23N3O3/c28-22-17-21(27-15-5-2-6-16-27)13-14-23(22)30-24(29)18-9-11-20(12-10-18)26-25-19-7-3-1-4-8-19/h1,3-4,7-14,17,28H,2,5-6,15-16H2. The molecule has 1 aliphatic rings. The third-order valence-electron chi connectivity index (χ3n) is 5.01. The Morgan fingerprint density at radius 3 is 2.17 bits per heavy atom. The molecule has 4 rings (SSSR count). The highest BCUT2D eigenvalue weighted by Crippen LogP contribution is 2.32. The van der Waals surface area contributed by atoms with Gasteiger partial charge in [-0.25, -0.2) is 4.79 Å². The molecule has 6 nitrogen and oxygen atoms in total. The van der Waals surface area contributed by atoms with E-state index in [9.17, 15) is 9.90 Å². The molecule has 0 amide bonds. The van der Waals surface area contributed by atoms with E-state index in [1.165, 1.54) is 6.42 Å². The van der Waals surface area contributed by atoms with Gasteiger partial charge in [0.15, 0.2) is 11.5 Å². The van der Waals surface area contributed by atoms with E-state index in [1.807, 2.05) is 36.4 Å². The predicted molar refractivity (Wildman–Crippen MR) is 116 cm³/mol. The number of carbonyl (C=O) groups excluding carboxylic acids is 1. The molecule has 6 heteroatoms. The number of nitrogens with zero attached hydrogens (tertiary/aromatic N) is 3. The summed E-state index contributed by atoms with van der Waals surface area (Å²) in [6.45, 7) is 1.96. The van der Waals surface area contributed by atoms with Crippen molar-refractivity contribution in [1.82, 2.24) is 0 Å². The van der Waals surface area contributed by atoms with Gasteiger partial charge in [0, 0.05) is 24.8 Å². The highest BCUT2D eigenvalue weighted by Gasteiger charge is 2.15. The first-order valence-electron chi connectivity index (χ1n) is 10.1. The van der Waals surface area contributed by atoms with Gasteiger partial charge in [0.25, 0.3) is 0 Å². The van der Waals surface area contributed by atoms with Gasteiger partial charge in [0.1, 0.15) is 0 Å². The van der Waals surface area contributed by atoms with Crippen molar-refractivity contribution in [3.63, 3.8) is 0 Å². The van der Waals surface area contributed by atoms with E-state index in [4.69, 9.17) is 4.74 Å². The van der Waals surface area contributed by atoms with Crippen LogP contribution in [0.5, 0.6) is 11.5 Å². The zero-order chi connectivity index (χ0) is 20.8. The Morgan fingerprint density at radius 1 is 0.833 bits per heavy atom. The summed E-state index contributed by atoms with van der Waals surface area (Å²) in [6, 6.07) is 21.2. The van der Waals surface area contributed by atoms with Gasteiger partial charge in [-0.15, -0.1) is 0 Å². The lowest BCUT2D eigenvalue weighted by Gasteiger charge is -2.29. The number of phenolic OH excluding ortho intramolecular Hbond substituents is 1. The molecule has 152 valence electrons. The van der Waals surface area contributed by atoms with Crippen molar-refractivity contribution in [2.75, 3.05) is 18.0 Å². The summed E-state index contributed by atoms with van der Waals surface area (Å²) in [6.07, 6.45) is 3.54. The average Bonchev–Trinajstić information content (AvgIpc) is 2.80. The van der Waals surface area contributed by atoms with Gasteiger partial charge in [-0.05, 0) is 67.8 Å². The molecule has 0 atom stereocenters. The molecule has 3 aromatic rings. The van der Waals surface area contributed by atoms with Crippen molar-refractivity contribution in [2.45, 2.75) is 19.3 Å². The Hall–Kier alpha value is -3.67. The molecule has 0 spiro atoms. The van der Waals surface area contributed by atoms with E-state index < -0.39 is 5.97 Å². The molecule has 1 heterocycles. The van der Waals surface area contributed by atoms with E-state index >= 15 is 0 Å². The Morgan fingerprint density at radius 2 is 1.50 bits per heavy atom. The van der Waals surface area contributed by atoms with Crippen LogP contribution in [-0.4, -0.2) is 24.2 Å². The Kier molecular flexibility index (Phi) is 6.03. The number of benzene rings is 3. The van der Waals surface area contributed by atoms with Gasteiger partial charge < -0.3 is 14.7 Å². The molecule has 30 heavy (non-hydrogen) atoms. The van der Waals surface area contributed by atoms with Gasteiger partial charge >= 0.3 is 5.97 Å². The lowest BCUT2D eigenvalue weighted by molar-refractivity contribution is 0.0729. The second-order valence-corrected chi connectivity index (χ2v) is 7.17. The Labute approximate surface area is 175 Å². The van der Waals surface area contributed by atoms with E-state index in [-0.39, 0.29) is 11.5 Å². The van der Waals surface area contributed by atoms with Crippen LogP contribution < -0.4 is 9.64 Å². The highest BCUT2D eigenvalue weighted by molar-refractivity contribution is 5.91. The topological polar surface area (TPSA) is 74.5 Å². The highest BCUT2D eigenvalue weighted by atomic mass is 16.5. The molecule has 1 N–H and O–H groups in total. The number of hydrogen-bond donors (Lipinski definition) is 1. The number of aromatic hydroxyl groups is 1. The molecule has 1 fully saturated rings. The quantitative estimate of drug-likeness (QED) is 0.322. The average molecular weight is 401 g/mol. The maximum Gasteiger partial charge on any atom is 0.343 e. The molecule has 0 saturated carbocycles. The number of ether oxygens (including phenoxy) is 1. The van der Waals surface area contributed by atoms with Crippen LogP contribution in [-0.2, 0) is 0 Å². The molecule has 3 aromatic carbocycles. The SMILES string of the molecule is O=C(Oc1ccc(N2CCCCC2)cc1O)c1ccc(N=Nc2ccccc2)cc1. The number of anilines is 1. The number of rotatable bonds is 5. The van der Waals surface area contributed by atoms with Crippen molar-refractivity contribution in [3.8, 4) is 11.5 Å². The third kappa shape index (κ3) is 4.84. The van der Waals surface area contributed by atoms with Gasteiger partial charge in [-0.1, -0.05) is 18.2 Å². The molecule has 0 aromatic heterocycles. The number of piperidine rings is 1. The van der Waals surface area contributed by atoms with Gasteiger partial charge in [0.2, 0.25) is 0 Å². The predicted octanol–water partition coefficient (Wildman–Crippen LogP) is 6.02. The van der Waals surface area contributed by atoms with Crippen LogP contribution in [0.3, 0.4) is 0 Å². The third-order valence-corrected chi connectivity index (χ3v) is 5.01. The summed E-state index contributed by atoms with van der Waals surface area (Å²) in [7, 11) is 0. The van der Waals surface area contributed by atoms with Crippen LogP contribution in [0.25, 0.3) is 0 Å². The Balaban J connectivity index is 1.40. The minimum absolute atomic E-state index is 0.0419. The number of carbonyl (C=O) groups is 1. The van der Waals surface area contributed by atoms with Gasteiger partial charge in [-0.2, -0.15) is 10.2 Å². The van der Waals surface area contributed by atoms with Crippen molar-refractivity contribution in [1.29, 1.82) is 0 Å². The summed E-state index contributed by atoms with van der Waals surface area (Å²) < 4.78 is 5.38. The zero-order valence-corrected chi connectivity index (χ0v) is 16.6. The van der Waals surface area contributed by atoms with E-state index in [0.29, 0.717) is 11.3 Å². The lowest BCUT2D eigenvalue weighted by Crippen LogP contribution is -2.29. The molecular weight excluding hydrogens is 378 g/mol. The normalized spacial score (nSPS) is 14.1. The van der Waals surface area contributed by atoms with Crippen LogP contribution in [0.4, 0.5) is 17.1 Å². The fraction of sp³-hybridized carbons (Fsp3) is 0.208. The molecule has 0 bridgehead atoms. The number of esters is 1. The summed E-state index contributed by atoms with van der Waals surface area (Å²) in [4.78, 5) is 14.7. The summed E-state index contributed by atoms with van der Waals surface area (Å²) in [5.74, 6) is -0.434. The number of hydrogen-bond acceptors (Lipinski definition) is 6. The maximum absolute atomic E-state index is 12.4. The van der Waals surface area contributed by atoms with Crippen molar-refractivity contribution in [3.05, 3.63) is 78.4 Å². The summed E-state index contributed by atoms with van der Waals surface area (Å²) >= 11 is 0. The first-order valence-corrected chi connectivity index (χ1v) is 10.1. The molecule has 0 aliphatic carbocycles. The second kappa shape index (κ2) is 9.22. The number of phenols is 1. The molecule has 1 saturated heterocycles. The van der Waals surface area contributed by atoms with E-state index in [1.54, 1.807) is 36.4 Å². The van der Waals surface area contributed by atoms with Crippen LogP contribution in [0, 0.1) is 0 Å². The second-order valence-electron chi connectivity index (χ2n) is 7.17. The zero-order valence-electron chi connectivity index (χ0n) is 16.6. The summed E-state index contributed by atoms with van der Waals surface area (Å²) in [5, 5.41) is 18.6. The first kappa shape index (κ1) is 19.6. The smallest absolute Gasteiger partial charge is 0.343 e. The van der Waals surface area contributed by atoms with Crippen molar-refractivity contribution >= 4 is 23.0 Å². The van der Waals surface area contributed by atoms with Crippen LogP contribution in [0.1, 0.15) is 29.6 Å². The van der Waals surface area contributed by atoms with E-state index in [2.05, 4.69) is 15.1 Å². The minimum atomic E-state index is -0.539. The van der Waals surface area contributed by atoms with Crippen molar-refractivity contribution < 1.29 is 14.6 Å². The van der Waals surface area contributed by atoms with Crippen molar-refractivity contribution in [2.24, 2.45) is 10.2 Å². The summed E-state index contributed by atoms with van der Waals surface area (Å²) in [5.41, 5.74) is 2.70. The molecule has 0 radical (unpaired) electrons. The first-order chi connectivity index (χ1) is 14.7. The van der Waals surface area contributed by atoms with Gasteiger partial charge in [-0.3, -0.25) is 0 Å². The van der Waals surface area contributed by atoms with E-state index in [0.717, 1.165) is 37.3 Å². The Bertz CT molecular complexity index is 1030. The monoisotopic (exact) mass is 401 g/mol. The van der Waals surface area contributed by atoms with Gasteiger partial charge in [0.05, 0.1) is 16.9 Å². The fourth-order valence-corrected chi connectivity index (χ4v) is 3.37. The largest absolute Gasteiger partial charge is 0.504 e. The van der Waals surface area contributed by atoms with Crippen LogP contribution in [0.2, 0.25) is 0 Å². The fourth-order valence-electron chi connectivity index (χ4n) is 3.37. The minimum Gasteiger partial charge on any atom is -0.504 e. The molecule has 1 aliphatic heterocycles. The van der Waals surface area contributed by atoms with Crippen LogP contribution >= 0.6 is 0 Å². The number of azo groups is 1. The maximum atomic E-state index is 12.4. The molecular formula is C24H23N3O3.